The molecule has 1 aliphatic rings. The van der Waals surface area contributed by atoms with Crippen LogP contribution in [0.15, 0.2) is 41.7 Å². The van der Waals surface area contributed by atoms with Crippen LogP contribution in [0.25, 0.3) is 0 Å². The first-order chi connectivity index (χ1) is 14.1. The lowest BCUT2D eigenvalue weighted by atomic mass is 10.2. The van der Waals surface area contributed by atoms with Gasteiger partial charge in [0.2, 0.25) is 0 Å². The SMILES string of the molecule is CCNC(=NCc1nccn1CC(C)C)N1CCN(c2cccc(OC)c2)CC1.I. The van der Waals surface area contributed by atoms with Gasteiger partial charge in [0.15, 0.2) is 5.96 Å². The van der Waals surface area contributed by atoms with Crippen molar-refractivity contribution >= 4 is 35.6 Å². The Morgan fingerprint density at radius 2 is 2.00 bits per heavy atom. The summed E-state index contributed by atoms with van der Waals surface area (Å²) in [5.41, 5.74) is 1.21. The van der Waals surface area contributed by atoms with Crippen molar-refractivity contribution in [3.05, 3.63) is 42.5 Å². The predicted octanol–water partition coefficient (Wildman–Crippen LogP) is 3.45. The first-order valence-electron chi connectivity index (χ1n) is 10.5. The van der Waals surface area contributed by atoms with Crippen molar-refractivity contribution in [2.24, 2.45) is 10.9 Å². The van der Waals surface area contributed by atoms with Gasteiger partial charge in [-0.15, -0.1) is 24.0 Å². The molecule has 2 heterocycles. The van der Waals surface area contributed by atoms with E-state index in [9.17, 15) is 0 Å². The van der Waals surface area contributed by atoms with E-state index in [2.05, 4.69) is 57.6 Å². The van der Waals surface area contributed by atoms with Crippen molar-refractivity contribution in [2.45, 2.75) is 33.9 Å². The summed E-state index contributed by atoms with van der Waals surface area (Å²) in [5, 5.41) is 3.45. The summed E-state index contributed by atoms with van der Waals surface area (Å²) >= 11 is 0. The van der Waals surface area contributed by atoms with E-state index in [1.807, 2.05) is 24.5 Å². The highest BCUT2D eigenvalue weighted by atomic mass is 127. The summed E-state index contributed by atoms with van der Waals surface area (Å²) in [6, 6.07) is 8.28. The molecular formula is C22H35IN6O. The number of anilines is 1. The third-order valence-electron chi connectivity index (χ3n) is 5.07. The Hall–Kier alpha value is -1.97. The number of imidazole rings is 1. The zero-order valence-electron chi connectivity index (χ0n) is 18.5. The second-order valence-electron chi connectivity index (χ2n) is 7.74. The van der Waals surface area contributed by atoms with Gasteiger partial charge in [0.1, 0.15) is 18.1 Å². The lowest BCUT2D eigenvalue weighted by molar-refractivity contribution is 0.371. The smallest absolute Gasteiger partial charge is 0.194 e. The maximum atomic E-state index is 5.36. The third-order valence-corrected chi connectivity index (χ3v) is 5.07. The molecule has 1 aliphatic heterocycles. The summed E-state index contributed by atoms with van der Waals surface area (Å²) in [5.74, 6) is 3.47. The summed E-state index contributed by atoms with van der Waals surface area (Å²) in [6.07, 6.45) is 3.91. The summed E-state index contributed by atoms with van der Waals surface area (Å²) in [7, 11) is 1.71. The molecule has 0 atom stereocenters. The number of piperazine rings is 1. The van der Waals surface area contributed by atoms with E-state index < -0.39 is 0 Å². The van der Waals surface area contributed by atoms with Crippen molar-refractivity contribution in [3.63, 3.8) is 0 Å². The van der Waals surface area contributed by atoms with E-state index in [1.54, 1.807) is 7.11 Å². The molecule has 8 heteroatoms. The number of ether oxygens (including phenoxy) is 1. The zero-order chi connectivity index (χ0) is 20.6. The summed E-state index contributed by atoms with van der Waals surface area (Å²) in [4.78, 5) is 14.1. The predicted molar refractivity (Wildman–Crippen MR) is 134 cm³/mol. The van der Waals surface area contributed by atoms with Crippen LogP contribution in [0.1, 0.15) is 26.6 Å². The molecule has 1 saturated heterocycles. The van der Waals surface area contributed by atoms with Crippen LogP contribution in [0.3, 0.4) is 0 Å². The molecular weight excluding hydrogens is 491 g/mol. The number of guanidine groups is 1. The first-order valence-corrected chi connectivity index (χ1v) is 10.5. The number of nitrogens with zero attached hydrogens (tertiary/aromatic N) is 5. The standard InChI is InChI=1S/C22H34N6O.HI/c1-5-23-22(25-16-21-24-9-10-28(21)17-18(2)3)27-13-11-26(12-14-27)19-7-6-8-20(15-19)29-4;/h6-10,15,18H,5,11-14,16-17H2,1-4H3,(H,23,25);1H. The maximum Gasteiger partial charge on any atom is 0.194 e. The Bertz CT molecular complexity index is 798. The van der Waals surface area contributed by atoms with E-state index in [0.29, 0.717) is 12.5 Å². The van der Waals surface area contributed by atoms with Crippen LogP contribution in [0.2, 0.25) is 0 Å². The molecule has 0 amide bonds. The molecule has 7 nitrogen and oxygen atoms in total. The Balaban J connectivity index is 0.00000320. The molecule has 0 bridgehead atoms. The lowest BCUT2D eigenvalue weighted by Crippen LogP contribution is -2.52. The van der Waals surface area contributed by atoms with Crippen molar-refractivity contribution in [1.29, 1.82) is 0 Å². The number of nitrogens with one attached hydrogen (secondary N) is 1. The molecule has 1 N–H and O–H groups in total. The van der Waals surface area contributed by atoms with Crippen LogP contribution in [0, 0.1) is 5.92 Å². The van der Waals surface area contributed by atoms with Crippen LogP contribution < -0.4 is 15.0 Å². The van der Waals surface area contributed by atoms with Crippen molar-refractivity contribution in [2.75, 3.05) is 44.7 Å². The number of rotatable bonds is 7. The molecule has 1 fully saturated rings. The highest BCUT2D eigenvalue weighted by Gasteiger charge is 2.20. The monoisotopic (exact) mass is 526 g/mol. The maximum absolute atomic E-state index is 5.36. The minimum absolute atomic E-state index is 0. The van der Waals surface area contributed by atoms with Gasteiger partial charge in [-0.3, -0.25) is 0 Å². The molecule has 166 valence electrons. The van der Waals surface area contributed by atoms with Gasteiger partial charge in [-0.1, -0.05) is 19.9 Å². The number of hydrogen-bond donors (Lipinski definition) is 1. The zero-order valence-corrected chi connectivity index (χ0v) is 20.9. The minimum atomic E-state index is 0. The van der Waals surface area contributed by atoms with Gasteiger partial charge in [0, 0.05) is 63.4 Å². The Morgan fingerprint density at radius 1 is 1.23 bits per heavy atom. The number of benzene rings is 1. The quantitative estimate of drug-likeness (QED) is 0.341. The average molecular weight is 526 g/mol. The molecule has 1 aromatic heterocycles. The van der Waals surface area contributed by atoms with E-state index in [-0.39, 0.29) is 24.0 Å². The molecule has 1 aromatic carbocycles. The molecule has 3 rings (SSSR count). The van der Waals surface area contributed by atoms with Gasteiger partial charge in [-0.2, -0.15) is 0 Å². The Kier molecular flexibility index (Phi) is 9.74. The van der Waals surface area contributed by atoms with Crippen LogP contribution in [0.5, 0.6) is 5.75 Å². The van der Waals surface area contributed by atoms with Crippen LogP contribution in [0.4, 0.5) is 5.69 Å². The molecule has 0 radical (unpaired) electrons. The molecule has 2 aromatic rings. The second-order valence-corrected chi connectivity index (χ2v) is 7.74. The molecule has 30 heavy (non-hydrogen) atoms. The van der Waals surface area contributed by atoms with Crippen LogP contribution in [-0.2, 0) is 13.1 Å². The van der Waals surface area contributed by atoms with E-state index >= 15 is 0 Å². The van der Waals surface area contributed by atoms with E-state index in [1.165, 1.54) is 5.69 Å². The van der Waals surface area contributed by atoms with Crippen LogP contribution >= 0.6 is 24.0 Å². The van der Waals surface area contributed by atoms with E-state index in [0.717, 1.165) is 56.8 Å². The number of halogens is 1. The van der Waals surface area contributed by atoms with Gasteiger partial charge >= 0.3 is 0 Å². The van der Waals surface area contributed by atoms with Gasteiger partial charge in [-0.05, 0) is 25.0 Å². The van der Waals surface area contributed by atoms with Crippen LogP contribution in [-0.4, -0.2) is 60.2 Å². The van der Waals surface area contributed by atoms with Crippen molar-refractivity contribution < 1.29 is 4.74 Å². The normalized spacial score (nSPS) is 14.6. The molecule has 0 spiro atoms. The fourth-order valence-corrected chi connectivity index (χ4v) is 3.61. The Morgan fingerprint density at radius 3 is 2.67 bits per heavy atom. The fourth-order valence-electron chi connectivity index (χ4n) is 3.61. The Labute approximate surface area is 197 Å². The van der Waals surface area contributed by atoms with Gasteiger partial charge < -0.3 is 24.4 Å². The minimum Gasteiger partial charge on any atom is -0.497 e. The highest BCUT2D eigenvalue weighted by molar-refractivity contribution is 14.0. The average Bonchev–Trinajstić information content (AvgIpc) is 3.17. The second kappa shape index (κ2) is 12.0. The lowest BCUT2D eigenvalue weighted by Gasteiger charge is -2.37. The fraction of sp³-hybridized carbons (Fsp3) is 0.545. The summed E-state index contributed by atoms with van der Waals surface area (Å²) in [6.45, 7) is 12.8. The largest absolute Gasteiger partial charge is 0.497 e. The van der Waals surface area contributed by atoms with Crippen molar-refractivity contribution in [3.8, 4) is 5.75 Å². The number of hydrogen-bond acceptors (Lipinski definition) is 4. The molecule has 0 unspecified atom stereocenters. The number of aliphatic imine (C=N–C) groups is 1. The van der Waals surface area contributed by atoms with Crippen molar-refractivity contribution in [1.82, 2.24) is 19.8 Å². The summed E-state index contributed by atoms with van der Waals surface area (Å²) < 4.78 is 7.57. The molecule has 0 aliphatic carbocycles. The highest BCUT2D eigenvalue weighted by Crippen LogP contribution is 2.22. The molecule has 0 saturated carbocycles. The van der Waals surface area contributed by atoms with Gasteiger partial charge in [-0.25, -0.2) is 9.98 Å². The van der Waals surface area contributed by atoms with Gasteiger partial charge in [0.25, 0.3) is 0 Å². The first kappa shape index (κ1) is 24.3. The van der Waals surface area contributed by atoms with E-state index in [4.69, 9.17) is 9.73 Å². The number of methoxy groups -OCH3 is 1. The number of aromatic nitrogens is 2. The van der Waals surface area contributed by atoms with Gasteiger partial charge in [0.05, 0.1) is 7.11 Å². The topological polar surface area (TPSA) is 57.9 Å². The third kappa shape index (κ3) is 6.52.